The molecule has 2 rings (SSSR count). The van der Waals surface area contributed by atoms with Gasteiger partial charge in [-0.3, -0.25) is 0 Å². The first-order valence-corrected chi connectivity index (χ1v) is 4.02. The summed E-state index contributed by atoms with van der Waals surface area (Å²) in [5, 5.41) is 7.37. The number of rotatable bonds is 2. The van der Waals surface area contributed by atoms with E-state index in [1.165, 1.54) is 5.56 Å². The van der Waals surface area contributed by atoms with Crippen LogP contribution in [-0.2, 0) is 0 Å². The van der Waals surface area contributed by atoms with Crippen LogP contribution in [0.5, 0.6) is 5.75 Å². The molecule has 1 aliphatic rings. The summed E-state index contributed by atoms with van der Waals surface area (Å²) in [5.41, 5.74) is 2.08. The normalized spacial score (nSPS) is 20.8. The van der Waals surface area contributed by atoms with E-state index in [0.717, 1.165) is 17.9 Å². The fourth-order valence-electron chi connectivity index (χ4n) is 1.32. The van der Waals surface area contributed by atoms with Crippen LogP contribution in [-0.4, -0.2) is 12.8 Å². The monoisotopic (exact) mass is 161 g/mol. The van der Waals surface area contributed by atoms with Crippen molar-refractivity contribution in [1.82, 2.24) is 0 Å². The molecule has 0 aromatic heterocycles. The van der Waals surface area contributed by atoms with Crippen molar-refractivity contribution in [3.63, 3.8) is 0 Å². The maximum atomic E-state index is 7.37. The lowest BCUT2D eigenvalue weighted by atomic mass is 10.1. The van der Waals surface area contributed by atoms with Crippen LogP contribution in [0.15, 0.2) is 24.3 Å². The first kappa shape index (κ1) is 7.35. The Bertz CT molecular complexity index is 302. The molecule has 0 bridgehead atoms. The van der Waals surface area contributed by atoms with Gasteiger partial charge in [-0.15, -0.1) is 0 Å². The average Bonchev–Trinajstić information content (AvgIpc) is 2.83. The highest BCUT2D eigenvalue weighted by atomic mass is 16.5. The lowest BCUT2D eigenvalue weighted by molar-refractivity contribution is 0.414. The zero-order valence-electron chi connectivity index (χ0n) is 7.00. The van der Waals surface area contributed by atoms with E-state index >= 15 is 0 Å². The first-order chi connectivity index (χ1) is 5.81. The number of hydrogen-bond donors (Lipinski definition) is 1. The number of ether oxygens (including phenoxy) is 1. The van der Waals surface area contributed by atoms with Gasteiger partial charge in [0.1, 0.15) is 5.75 Å². The van der Waals surface area contributed by atoms with Crippen LogP contribution in [0.3, 0.4) is 0 Å². The number of nitrogens with one attached hydrogen (secondary N) is 1. The van der Waals surface area contributed by atoms with Crippen LogP contribution in [0, 0.1) is 5.41 Å². The maximum Gasteiger partial charge on any atom is 0.118 e. The van der Waals surface area contributed by atoms with Crippen molar-refractivity contribution in [2.45, 2.75) is 12.3 Å². The molecule has 0 amide bonds. The van der Waals surface area contributed by atoms with Crippen molar-refractivity contribution in [3.05, 3.63) is 29.8 Å². The molecule has 62 valence electrons. The van der Waals surface area contributed by atoms with Gasteiger partial charge in [-0.1, -0.05) is 12.1 Å². The largest absolute Gasteiger partial charge is 0.497 e. The highest BCUT2D eigenvalue weighted by Crippen LogP contribution is 2.36. The molecule has 1 aromatic carbocycles. The molecule has 0 aliphatic heterocycles. The highest BCUT2D eigenvalue weighted by molar-refractivity contribution is 6.03. The van der Waals surface area contributed by atoms with E-state index in [9.17, 15) is 0 Å². The molecule has 1 atom stereocenters. The molecule has 2 heteroatoms. The topological polar surface area (TPSA) is 33.1 Å². The van der Waals surface area contributed by atoms with Crippen LogP contribution in [0.1, 0.15) is 17.9 Å². The van der Waals surface area contributed by atoms with Gasteiger partial charge >= 0.3 is 0 Å². The minimum absolute atomic E-state index is 0.399. The Balaban J connectivity index is 2.20. The van der Waals surface area contributed by atoms with Crippen molar-refractivity contribution in [2.24, 2.45) is 0 Å². The Morgan fingerprint density at radius 1 is 1.33 bits per heavy atom. The summed E-state index contributed by atoms with van der Waals surface area (Å²) in [4.78, 5) is 0. The Labute approximate surface area is 71.7 Å². The predicted molar refractivity (Wildman–Crippen MR) is 48.1 cm³/mol. The average molecular weight is 161 g/mol. The second-order valence-corrected chi connectivity index (χ2v) is 3.06. The molecule has 1 saturated carbocycles. The van der Waals surface area contributed by atoms with E-state index in [1.54, 1.807) is 7.11 Å². The second-order valence-electron chi connectivity index (χ2n) is 3.06. The fourth-order valence-corrected chi connectivity index (χ4v) is 1.32. The standard InChI is InChI=1S/C10H11NO/c1-12-8-4-2-7(3-5-8)9-6-10(9)11/h2-5,9,11H,6H2,1H3/t9-/m0/s1. The Morgan fingerprint density at radius 2 is 1.92 bits per heavy atom. The molecular weight excluding hydrogens is 150 g/mol. The summed E-state index contributed by atoms with van der Waals surface area (Å²) in [7, 11) is 1.66. The summed E-state index contributed by atoms with van der Waals surface area (Å²) >= 11 is 0. The zero-order chi connectivity index (χ0) is 8.55. The molecule has 0 saturated heterocycles. The third-order valence-electron chi connectivity index (χ3n) is 2.20. The van der Waals surface area contributed by atoms with Crippen molar-refractivity contribution in [2.75, 3.05) is 7.11 Å². The van der Waals surface area contributed by atoms with Gasteiger partial charge in [0.25, 0.3) is 0 Å². The Hall–Kier alpha value is -1.31. The molecular formula is C10H11NO. The zero-order valence-corrected chi connectivity index (χ0v) is 7.00. The van der Waals surface area contributed by atoms with E-state index < -0.39 is 0 Å². The molecule has 2 nitrogen and oxygen atoms in total. The van der Waals surface area contributed by atoms with E-state index in [4.69, 9.17) is 10.1 Å². The number of benzene rings is 1. The smallest absolute Gasteiger partial charge is 0.118 e. The highest BCUT2D eigenvalue weighted by Gasteiger charge is 2.31. The fraction of sp³-hybridized carbons (Fsp3) is 0.300. The molecule has 12 heavy (non-hydrogen) atoms. The Morgan fingerprint density at radius 3 is 2.33 bits per heavy atom. The lowest BCUT2D eigenvalue weighted by Crippen LogP contribution is -1.84. The van der Waals surface area contributed by atoms with Crippen LogP contribution in [0.4, 0.5) is 0 Å². The lowest BCUT2D eigenvalue weighted by Gasteiger charge is -2.00. The second kappa shape index (κ2) is 2.63. The van der Waals surface area contributed by atoms with E-state index in [0.29, 0.717) is 5.92 Å². The van der Waals surface area contributed by atoms with Gasteiger partial charge in [0, 0.05) is 11.6 Å². The number of hydrogen-bond acceptors (Lipinski definition) is 2. The number of methoxy groups -OCH3 is 1. The maximum absolute atomic E-state index is 7.37. The third-order valence-corrected chi connectivity index (χ3v) is 2.20. The van der Waals surface area contributed by atoms with E-state index in [1.807, 2.05) is 24.3 Å². The summed E-state index contributed by atoms with van der Waals surface area (Å²) < 4.78 is 5.04. The molecule has 1 N–H and O–H groups in total. The van der Waals surface area contributed by atoms with Gasteiger partial charge in [0.05, 0.1) is 7.11 Å². The molecule has 0 unspecified atom stereocenters. The van der Waals surface area contributed by atoms with Crippen LogP contribution in [0.2, 0.25) is 0 Å². The molecule has 0 heterocycles. The Kier molecular flexibility index (Phi) is 1.61. The molecule has 1 aromatic rings. The van der Waals surface area contributed by atoms with E-state index in [-0.39, 0.29) is 0 Å². The SMILES string of the molecule is COc1ccc([C@@H]2CC2=N)cc1. The van der Waals surface area contributed by atoms with Gasteiger partial charge in [0.15, 0.2) is 0 Å². The first-order valence-electron chi connectivity index (χ1n) is 4.02. The summed E-state index contributed by atoms with van der Waals surface area (Å²) in [6, 6.07) is 7.96. The van der Waals surface area contributed by atoms with Crippen molar-refractivity contribution in [1.29, 1.82) is 5.41 Å². The quantitative estimate of drug-likeness (QED) is 0.708. The minimum Gasteiger partial charge on any atom is -0.497 e. The van der Waals surface area contributed by atoms with Gasteiger partial charge < -0.3 is 10.1 Å². The van der Waals surface area contributed by atoms with Crippen molar-refractivity contribution >= 4 is 5.71 Å². The molecule has 1 aliphatic carbocycles. The van der Waals surface area contributed by atoms with Crippen molar-refractivity contribution < 1.29 is 4.74 Å². The minimum atomic E-state index is 0.399. The molecule has 0 radical (unpaired) electrons. The van der Waals surface area contributed by atoms with Crippen LogP contribution in [0.25, 0.3) is 0 Å². The summed E-state index contributed by atoms with van der Waals surface area (Å²) in [5.74, 6) is 1.28. The van der Waals surface area contributed by atoms with Gasteiger partial charge in [0.2, 0.25) is 0 Å². The van der Waals surface area contributed by atoms with Crippen molar-refractivity contribution in [3.8, 4) is 5.75 Å². The predicted octanol–water partition coefficient (Wildman–Crippen LogP) is 2.20. The van der Waals surface area contributed by atoms with Crippen LogP contribution < -0.4 is 4.74 Å². The molecule has 0 spiro atoms. The van der Waals surface area contributed by atoms with E-state index in [2.05, 4.69) is 0 Å². The summed E-state index contributed by atoms with van der Waals surface area (Å²) in [6.45, 7) is 0. The third kappa shape index (κ3) is 1.20. The van der Waals surface area contributed by atoms with Crippen LogP contribution >= 0.6 is 0 Å². The van der Waals surface area contributed by atoms with Gasteiger partial charge in [-0.2, -0.15) is 0 Å². The van der Waals surface area contributed by atoms with Gasteiger partial charge in [-0.05, 0) is 24.1 Å². The summed E-state index contributed by atoms with van der Waals surface area (Å²) in [6.07, 6.45) is 0.937. The molecule has 1 fully saturated rings. The van der Waals surface area contributed by atoms with Gasteiger partial charge in [-0.25, -0.2) is 0 Å².